The highest BCUT2D eigenvalue weighted by Gasteiger charge is 2.36. The van der Waals surface area contributed by atoms with Crippen LogP contribution in [0.25, 0.3) is 55.3 Å². The Balaban J connectivity index is 1.27. The number of benzene rings is 8. The van der Waals surface area contributed by atoms with Crippen molar-refractivity contribution in [3.8, 4) is 44.5 Å². The third-order valence-corrected chi connectivity index (χ3v) is 10.7. The summed E-state index contributed by atoms with van der Waals surface area (Å²) < 4.78 is 0. The van der Waals surface area contributed by atoms with E-state index in [4.69, 9.17) is 0 Å². The summed E-state index contributed by atoms with van der Waals surface area (Å²) in [6, 6.07) is 66.7. The Kier molecular flexibility index (Phi) is 7.44. The van der Waals surface area contributed by atoms with Gasteiger partial charge in [-0.05, 0) is 116 Å². The summed E-state index contributed by atoms with van der Waals surface area (Å²) in [4.78, 5) is 2.48. The maximum absolute atomic E-state index is 2.48. The van der Waals surface area contributed by atoms with Gasteiger partial charge in [0.05, 0.1) is 5.69 Å². The van der Waals surface area contributed by atoms with Crippen LogP contribution >= 0.6 is 0 Å². The molecule has 0 bridgehead atoms. The van der Waals surface area contributed by atoms with Crippen molar-refractivity contribution in [1.82, 2.24) is 0 Å². The lowest BCUT2D eigenvalue weighted by atomic mass is 9.82. The molecule has 0 atom stereocenters. The third kappa shape index (κ3) is 5.34. The van der Waals surface area contributed by atoms with Crippen molar-refractivity contribution in [3.63, 3.8) is 0 Å². The van der Waals surface area contributed by atoms with Crippen LogP contribution in [0.2, 0.25) is 0 Å². The van der Waals surface area contributed by atoms with Gasteiger partial charge in [0, 0.05) is 22.4 Å². The van der Waals surface area contributed by atoms with Crippen molar-refractivity contribution in [1.29, 1.82) is 0 Å². The Morgan fingerprint density at radius 3 is 1.73 bits per heavy atom. The standard InChI is InChI=1S/C50H39N/c1-34-30-41(40-23-22-36-16-10-11-19-39(36)31-40)32-46(38-17-8-5-9-18-38)49(34)51(42-26-24-37(25-27-42)35-14-6-4-7-15-35)43-28-29-45-44-20-12-13-21-47(44)50(2,3)48(45)33-43/h4-33H,1-3H3. The van der Waals surface area contributed by atoms with Crippen molar-refractivity contribution in [2.75, 3.05) is 4.90 Å². The molecular weight excluding hydrogens is 615 g/mol. The molecule has 1 heteroatoms. The lowest BCUT2D eigenvalue weighted by Gasteiger charge is -2.31. The summed E-state index contributed by atoms with van der Waals surface area (Å²) in [5.74, 6) is 0. The van der Waals surface area contributed by atoms with Gasteiger partial charge in [0.15, 0.2) is 0 Å². The van der Waals surface area contributed by atoms with Gasteiger partial charge in [0.2, 0.25) is 0 Å². The highest BCUT2D eigenvalue weighted by atomic mass is 15.1. The van der Waals surface area contributed by atoms with Crippen LogP contribution in [0.4, 0.5) is 17.1 Å². The van der Waals surface area contributed by atoms with Crippen LogP contribution < -0.4 is 4.90 Å². The Morgan fingerprint density at radius 1 is 0.373 bits per heavy atom. The zero-order chi connectivity index (χ0) is 34.5. The number of hydrogen-bond acceptors (Lipinski definition) is 1. The minimum Gasteiger partial charge on any atom is -0.310 e. The second kappa shape index (κ2) is 12.3. The number of nitrogens with zero attached hydrogens (tertiary/aromatic N) is 1. The van der Waals surface area contributed by atoms with E-state index in [1.165, 1.54) is 77.7 Å². The quantitative estimate of drug-likeness (QED) is 0.173. The maximum atomic E-state index is 2.48. The van der Waals surface area contributed by atoms with E-state index in [0.717, 1.165) is 11.4 Å². The van der Waals surface area contributed by atoms with Crippen LogP contribution in [0.15, 0.2) is 182 Å². The molecule has 0 spiro atoms. The highest BCUT2D eigenvalue weighted by Crippen LogP contribution is 2.52. The molecule has 0 N–H and O–H groups in total. The highest BCUT2D eigenvalue weighted by molar-refractivity contribution is 5.95. The van der Waals surface area contributed by atoms with E-state index in [1.807, 2.05) is 0 Å². The van der Waals surface area contributed by atoms with E-state index in [1.54, 1.807) is 0 Å². The molecule has 0 saturated heterocycles. The van der Waals surface area contributed by atoms with E-state index in [2.05, 4.69) is 208 Å². The lowest BCUT2D eigenvalue weighted by Crippen LogP contribution is -2.17. The number of rotatable bonds is 6. The van der Waals surface area contributed by atoms with Crippen LogP contribution in [0, 0.1) is 6.92 Å². The summed E-state index contributed by atoms with van der Waals surface area (Å²) in [5, 5.41) is 2.50. The van der Waals surface area contributed by atoms with Gasteiger partial charge in [-0.3, -0.25) is 0 Å². The second-order valence-corrected chi connectivity index (χ2v) is 14.3. The van der Waals surface area contributed by atoms with Gasteiger partial charge in [0.25, 0.3) is 0 Å². The zero-order valence-electron chi connectivity index (χ0n) is 29.3. The predicted molar refractivity (Wildman–Crippen MR) is 217 cm³/mol. The topological polar surface area (TPSA) is 3.24 Å². The van der Waals surface area contributed by atoms with Crippen LogP contribution in [0.5, 0.6) is 0 Å². The molecule has 8 aromatic rings. The fourth-order valence-corrected chi connectivity index (χ4v) is 8.12. The fourth-order valence-electron chi connectivity index (χ4n) is 8.12. The van der Waals surface area contributed by atoms with E-state index < -0.39 is 0 Å². The van der Waals surface area contributed by atoms with Crippen molar-refractivity contribution in [2.45, 2.75) is 26.2 Å². The first-order valence-corrected chi connectivity index (χ1v) is 17.8. The minimum atomic E-state index is -0.109. The molecule has 0 aromatic heterocycles. The molecule has 8 aromatic carbocycles. The van der Waals surface area contributed by atoms with Crippen molar-refractivity contribution in [3.05, 3.63) is 199 Å². The van der Waals surface area contributed by atoms with Crippen molar-refractivity contribution >= 4 is 27.8 Å². The largest absolute Gasteiger partial charge is 0.310 e. The van der Waals surface area contributed by atoms with E-state index in [-0.39, 0.29) is 5.41 Å². The smallest absolute Gasteiger partial charge is 0.0569 e. The van der Waals surface area contributed by atoms with Gasteiger partial charge in [-0.25, -0.2) is 0 Å². The first-order chi connectivity index (χ1) is 25.0. The zero-order valence-corrected chi connectivity index (χ0v) is 29.3. The number of hydrogen-bond donors (Lipinski definition) is 0. The molecule has 0 radical (unpaired) electrons. The number of fused-ring (bicyclic) bond motifs is 4. The third-order valence-electron chi connectivity index (χ3n) is 10.7. The molecule has 1 nitrogen and oxygen atoms in total. The number of anilines is 3. The second-order valence-electron chi connectivity index (χ2n) is 14.3. The summed E-state index contributed by atoms with van der Waals surface area (Å²) in [6.45, 7) is 6.99. The Hall–Kier alpha value is -6.18. The predicted octanol–water partition coefficient (Wildman–Crippen LogP) is 13.9. The molecule has 51 heavy (non-hydrogen) atoms. The molecular formula is C50H39N. The summed E-state index contributed by atoms with van der Waals surface area (Å²) in [6.07, 6.45) is 0. The molecule has 0 fully saturated rings. The van der Waals surface area contributed by atoms with Gasteiger partial charge < -0.3 is 4.90 Å². The summed E-state index contributed by atoms with van der Waals surface area (Å²) in [7, 11) is 0. The normalized spacial score (nSPS) is 12.8. The molecule has 1 aliphatic rings. The molecule has 0 unspecified atom stereocenters. The SMILES string of the molecule is Cc1cc(-c2ccc3ccccc3c2)cc(-c2ccccc2)c1N(c1ccc(-c2ccccc2)cc1)c1ccc2c(c1)C(C)(C)c1ccccc1-2. The average molecular weight is 654 g/mol. The van der Waals surface area contributed by atoms with E-state index in [0.29, 0.717) is 0 Å². The summed E-state index contributed by atoms with van der Waals surface area (Å²) in [5.41, 5.74) is 17.2. The van der Waals surface area contributed by atoms with Crippen LogP contribution in [0.3, 0.4) is 0 Å². The molecule has 244 valence electrons. The Bertz CT molecular complexity index is 2540. The molecule has 0 heterocycles. The van der Waals surface area contributed by atoms with Gasteiger partial charge in [-0.1, -0.05) is 153 Å². The van der Waals surface area contributed by atoms with Crippen LogP contribution in [-0.2, 0) is 5.41 Å². The molecule has 1 aliphatic carbocycles. The van der Waals surface area contributed by atoms with E-state index in [9.17, 15) is 0 Å². The molecule has 0 aliphatic heterocycles. The lowest BCUT2D eigenvalue weighted by molar-refractivity contribution is 0.660. The molecule has 0 amide bonds. The Morgan fingerprint density at radius 2 is 0.961 bits per heavy atom. The van der Waals surface area contributed by atoms with Gasteiger partial charge in [-0.15, -0.1) is 0 Å². The first-order valence-electron chi connectivity index (χ1n) is 17.8. The van der Waals surface area contributed by atoms with E-state index >= 15 is 0 Å². The van der Waals surface area contributed by atoms with Gasteiger partial charge in [0.1, 0.15) is 0 Å². The van der Waals surface area contributed by atoms with Crippen molar-refractivity contribution < 1.29 is 0 Å². The van der Waals surface area contributed by atoms with Crippen molar-refractivity contribution in [2.24, 2.45) is 0 Å². The summed E-state index contributed by atoms with van der Waals surface area (Å²) >= 11 is 0. The van der Waals surface area contributed by atoms with Crippen LogP contribution in [0.1, 0.15) is 30.5 Å². The fraction of sp³-hybridized carbons (Fsp3) is 0.0800. The monoisotopic (exact) mass is 653 g/mol. The number of aryl methyl sites for hydroxylation is 1. The first kappa shape index (κ1) is 30.8. The van der Waals surface area contributed by atoms with Gasteiger partial charge >= 0.3 is 0 Å². The maximum Gasteiger partial charge on any atom is 0.0569 e. The average Bonchev–Trinajstić information content (AvgIpc) is 3.41. The molecule has 9 rings (SSSR count). The van der Waals surface area contributed by atoms with Gasteiger partial charge in [-0.2, -0.15) is 0 Å². The minimum absolute atomic E-state index is 0.109. The van der Waals surface area contributed by atoms with Crippen LogP contribution in [-0.4, -0.2) is 0 Å². The molecule has 0 saturated carbocycles. The Labute approximate surface area is 301 Å².